The predicted molar refractivity (Wildman–Crippen MR) is 366 cm³/mol. The third kappa shape index (κ3) is 23.5. The highest BCUT2D eigenvalue weighted by atomic mass is 31.2. The number of amides is 11. The fourth-order valence-electron chi connectivity index (χ4n) is 12.0. The molecule has 2 rings (SSSR count). The number of carbonyl (C=O) groups is 11. The Morgan fingerprint density at radius 1 is 0.500 bits per heavy atom. The molecule has 0 spiro atoms. The van der Waals surface area contributed by atoms with E-state index >= 15 is 28.8 Å². The van der Waals surface area contributed by atoms with E-state index in [0.717, 1.165) is 19.6 Å². The number of nitrogens with one attached hydrogen (secondary N) is 4. The molecule has 1 aromatic rings. The van der Waals surface area contributed by atoms with Crippen LogP contribution in [0.15, 0.2) is 36.4 Å². The van der Waals surface area contributed by atoms with Crippen LogP contribution < -0.4 is 21.3 Å². The van der Waals surface area contributed by atoms with Gasteiger partial charge in [0.1, 0.15) is 66.5 Å². The molecule has 13 atom stereocenters. The summed E-state index contributed by atoms with van der Waals surface area (Å²) in [5.74, 6) is -11.3. The van der Waals surface area contributed by atoms with Crippen molar-refractivity contribution in [2.75, 3.05) is 55.4 Å². The monoisotopic (exact) mass is 1370 g/mol. The number of benzene rings is 1. The van der Waals surface area contributed by atoms with Crippen molar-refractivity contribution >= 4 is 72.6 Å². The molecule has 27 nitrogen and oxygen atoms in total. The lowest BCUT2D eigenvalue weighted by Gasteiger charge is -2.41. The zero-order chi connectivity index (χ0) is 73.9. The highest BCUT2D eigenvalue weighted by molar-refractivity contribution is 7.50. The van der Waals surface area contributed by atoms with Gasteiger partial charge in [0, 0.05) is 55.3 Å². The molecule has 11 amide bonds. The van der Waals surface area contributed by atoms with E-state index in [4.69, 9.17) is 0 Å². The summed E-state index contributed by atoms with van der Waals surface area (Å²) >= 11 is 0. The molecule has 96 heavy (non-hydrogen) atoms. The molecule has 1 aliphatic rings. The number of likely N-dealkylation sites (N-methyl/N-ethyl adjacent to an activating group) is 7. The summed E-state index contributed by atoms with van der Waals surface area (Å²) in [4.78, 5) is 191. The molecule has 0 bridgehead atoms. The van der Waals surface area contributed by atoms with Crippen molar-refractivity contribution in [1.82, 2.24) is 55.6 Å². The molecule has 1 aromatic carbocycles. The van der Waals surface area contributed by atoms with Crippen LogP contribution in [0.4, 0.5) is 0 Å². The maximum absolute atomic E-state index is 15.3. The highest BCUT2D eigenvalue weighted by Gasteiger charge is 2.46. The molecule has 544 valence electrons. The first-order valence-electron chi connectivity index (χ1n) is 33.6. The summed E-state index contributed by atoms with van der Waals surface area (Å²) in [5, 5.41) is 34.2. The maximum Gasteiger partial charge on any atom is 0.329 e. The molecular weight excluding hydrogens is 1260 g/mol. The molecule has 0 aromatic heterocycles. The Labute approximate surface area is 569 Å². The Morgan fingerprint density at radius 3 is 1.41 bits per heavy atom. The Hall–Kier alpha value is -6.80. The molecule has 0 radical (unpaired) electrons. The van der Waals surface area contributed by atoms with Crippen molar-refractivity contribution in [3.05, 3.63) is 47.5 Å². The van der Waals surface area contributed by atoms with Gasteiger partial charge < -0.3 is 75.6 Å². The summed E-state index contributed by atoms with van der Waals surface area (Å²) in [6, 6.07) is -9.48. The van der Waals surface area contributed by atoms with Gasteiger partial charge in [-0.1, -0.05) is 120 Å². The lowest BCUT2D eigenvalue weighted by atomic mass is 9.91. The Kier molecular flexibility index (Phi) is 34.1. The maximum atomic E-state index is 15.3. The second-order valence-corrected chi connectivity index (χ2v) is 29.5. The normalized spacial score (nSPS) is 26.1. The summed E-state index contributed by atoms with van der Waals surface area (Å²) in [7, 11) is 3.63. The number of nitrogens with zero attached hydrogens (tertiary/aromatic N) is 7. The Bertz CT molecular complexity index is 2900. The van der Waals surface area contributed by atoms with Crippen molar-refractivity contribution in [3.63, 3.8) is 0 Å². The molecule has 0 saturated carbocycles. The zero-order valence-corrected chi connectivity index (χ0v) is 61.9. The fraction of sp³-hybridized carbons (Fsp3) is 0.721. The molecule has 8 N–H and O–H groups in total. The van der Waals surface area contributed by atoms with Crippen LogP contribution in [0.25, 0.3) is 0 Å². The quantitative estimate of drug-likeness (QED) is 0.0729. The largest absolute Gasteiger partial charge is 0.394 e. The average Bonchev–Trinajstić information content (AvgIpc) is 0.811. The second-order valence-electron chi connectivity index (χ2n) is 27.9. The summed E-state index contributed by atoms with van der Waals surface area (Å²) in [5.41, 5.74) is 0.655. The Morgan fingerprint density at radius 2 is 0.948 bits per heavy atom. The lowest BCUT2D eigenvalue weighted by Crippen LogP contribution is -2.64. The fourth-order valence-corrected chi connectivity index (χ4v) is 12.7. The number of aliphatic hydroxyl groups excluding tert-OH is 2. The number of aliphatic hydroxyl groups is 2. The Balaban J connectivity index is 3.14. The van der Waals surface area contributed by atoms with E-state index in [0.29, 0.717) is 5.56 Å². The van der Waals surface area contributed by atoms with Gasteiger partial charge in [0.15, 0.2) is 0 Å². The SMILES string of the molecule is C/C=C/C[C@@H](C)[C@@H](O)[C@H]1C(=O)NC(CC)C(=O)N(C)C(CO)C(=O)N(CC)C(Cc2ccc(CP(=O)(O)O)cc2)C(=O)N[C@@H](C(C)C)C(=O)N(C)[C@@H](CC(C)C)C(=O)N[C@@H](C)C(=O)N[C@H](C)C(=O)N(C)[C@@H](CC(C)C)C(=O)N(C)[C@@H](CC(C)C)C(=O)N(C)[C@@H](C(C)C)C(=O)N1C. The van der Waals surface area contributed by atoms with Gasteiger partial charge in [-0.3, -0.25) is 57.3 Å². The topological polar surface area (TPSA) is 357 Å². The minimum atomic E-state index is -4.51. The predicted octanol–water partition coefficient (Wildman–Crippen LogP) is 2.89. The number of carbonyl (C=O) groups excluding carboxylic acids is 11. The van der Waals surface area contributed by atoms with Crippen LogP contribution in [0, 0.1) is 35.5 Å². The lowest BCUT2D eigenvalue weighted by molar-refractivity contribution is -0.157. The van der Waals surface area contributed by atoms with Gasteiger partial charge >= 0.3 is 7.60 Å². The van der Waals surface area contributed by atoms with Crippen molar-refractivity contribution in [1.29, 1.82) is 0 Å². The summed E-state index contributed by atoms with van der Waals surface area (Å²) in [6.07, 6.45) is 1.46. The smallest absolute Gasteiger partial charge is 0.329 e. The first-order chi connectivity index (χ1) is 44.5. The van der Waals surface area contributed by atoms with Crippen LogP contribution in [-0.2, 0) is 69.9 Å². The molecule has 1 saturated heterocycles. The van der Waals surface area contributed by atoms with Gasteiger partial charge in [0.25, 0.3) is 0 Å². The first kappa shape index (κ1) is 85.3. The van der Waals surface area contributed by atoms with E-state index in [2.05, 4.69) is 21.3 Å². The summed E-state index contributed by atoms with van der Waals surface area (Å²) in [6.45, 7) is 25.8. The van der Waals surface area contributed by atoms with E-state index in [1.54, 1.807) is 67.5 Å². The molecule has 28 heteroatoms. The summed E-state index contributed by atoms with van der Waals surface area (Å²) < 4.78 is 11.9. The average molecular weight is 1370 g/mol. The number of rotatable bonds is 19. The first-order valence-corrected chi connectivity index (χ1v) is 35.4. The van der Waals surface area contributed by atoms with E-state index in [1.165, 1.54) is 95.1 Å². The van der Waals surface area contributed by atoms with Gasteiger partial charge in [-0.05, 0) is 106 Å². The van der Waals surface area contributed by atoms with Crippen LogP contribution in [-0.4, -0.2) is 247 Å². The molecular formula is C68H116N11O16P. The van der Waals surface area contributed by atoms with Gasteiger partial charge in [-0.25, -0.2) is 0 Å². The van der Waals surface area contributed by atoms with Crippen molar-refractivity contribution < 1.29 is 77.3 Å². The van der Waals surface area contributed by atoms with Crippen molar-refractivity contribution in [3.8, 4) is 0 Å². The van der Waals surface area contributed by atoms with Gasteiger partial charge in [-0.2, -0.15) is 0 Å². The standard InChI is InChI=1S/C68H116N11O16P/c1-23-26-27-43(14)57(81)56-61(85)71-48(24-2)63(87)76(20)53(36-80)66(90)79(25-3)50(35-46-28-30-47(31-29-46)37-96(93,94)95)60(84)72-54(41(10)11)67(91)73(17)49(32-38(4)5)59(83)69-44(15)58(82)70-45(16)62(86)74(18)51(33-39(6)7)64(88)75(19)52(34-40(8)9)65(89)77(21)55(42(12)13)68(92)78(56)22/h23,26,28-31,38-45,48-57,80-81H,24-25,27,32-37H2,1-22H3,(H,69,83)(H,70,82)(H,71,85)(H,72,84)(H2,93,94,95)/b26-23+/t43-,44+,45-,48?,49+,50?,51+,52+,53?,54+,55+,56+,57-/m1/s1. The van der Waals surface area contributed by atoms with Crippen LogP contribution in [0.2, 0.25) is 0 Å². The van der Waals surface area contributed by atoms with Crippen molar-refractivity contribution in [2.24, 2.45) is 35.5 Å². The molecule has 1 fully saturated rings. The number of allylic oxidation sites excluding steroid dienone is 2. The zero-order valence-electron chi connectivity index (χ0n) is 61.0. The highest BCUT2D eigenvalue weighted by Crippen LogP contribution is 2.39. The van der Waals surface area contributed by atoms with E-state index in [9.17, 15) is 48.5 Å². The van der Waals surface area contributed by atoms with Crippen LogP contribution in [0.1, 0.15) is 154 Å². The minimum Gasteiger partial charge on any atom is -0.394 e. The van der Waals surface area contributed by atoms with Crippen molar-refractivity contribution in [2.45, 2.75) is 228 Å². The van der Waals surface area contributed by atoms with Gasteiger partial charge in [0.05, 0.1) is 18.9 Å². The van der Waals surface area contributed by atoms with Gasteiger partial charge in [0.2, 0.25) is 65.0 Å². The third-order valence-corrected chi connectivity index (χ3v) is 18.7. The minimum absolute atomic E-state index is 0.0721. The third-order valence-electron chi connectivity index (χ3n) is 17.9. The van der Waals surface area contributed by atoms with E-state index < -0.39 is 176 Å². The second kappa shape index (κ2) is 38.4. The van der Waals surface area contributed by atoms with Gasteiger partial charge in [-0.15, -0.1) is 0 Å². The molecule has 0 aliphatic carbocycles. The van der Waals surface area contributed by atoms with Crippen LogP contribution in [0.5, 0.6) is 0 Å². The molecule has 1 heterocycles. The number of hydrogen-bond acceptors (Lipinski definition) is 14. The van der Waals surface area contributed by atoms with Crippen LogP contribution in [0.3, 0.4) is 0 Å². The van der Waals surface area contributed by atoms with E-state index in [-0.39, 0.29) is 68.4 Å². The van der Waals surface area contributed by atoms with Crippen LogP contribution >= 0.6 is 7.60 Å². The molecule has 1 aliphatic heterocycles. The molecule has 3 unspecified atom stereocenters. The van der Waals surface area contributed by atoms with E-state index in [1.807, 2.05) is 41.5 Å². The number of hydrogen-bond donors (Lipinski definition) is 8.